The van der Waals surface area contributed by atoms with Crippen LogP contribution in [0.4, 0.5) is 0 Å². The third-order valence-electron chi connectivity index (χ3n) is 13.1. The average Bonchev–Trinajstić information content (AvgIpc) is 4.05. The Labute approximate surface area is 371 Å². The number of benzene rings is 10. The molecule has 0 saturated carbocycles. The van der Waals surface area contributed by atoms with E-state index in [-0.39, 0.29) is 0 Å². The van der Waals surface area contributed by atoms with E-state index >= 15 is 0 Å². The van der Waals surface area contributed by atoms with Crippen LogP contribution in [0.25, 0.3) is 133 Å². The topological polar surface area (TPSA) is 61.7 Å². The van der Waals surface area contributed by atoms with Crippen molar-refractivity contribution in [2.75, 3.05) is 0 Å². The first kappa shape index (κ1) is 35.7. The van der Waals surface area contributed by atoms with Gasteiger partial charge in [0.25, 0.3) is 0 Å². The molecule has 0 spiro atoms. The molecule has 0 radical (unpaired) electrons. The fraction of sp³-hybridized carbons (Fsp3) is 0. The van der Waals surface area contributed by atoms with Gasteiger partial charge in [0.2, 0.25) is 0 Å². The van der Waals surface area contributed by atoms with E-state index in [0.29, 0.717) is 17.5 Å². The molecule has 0 amide bonds. The first-order valence-corrected chi connectivity index (χ1v) is 21.9. The van der Waals surface area contributed by atoms with Crippen molar-refractivity contribution in [2.45, 2.75) is 0 Å². The van der Waals surface area contributed by atoms with Crippen molar-refractivity contribution < 1.29 is 4.42 Å². The molecular weight excluding hydrogens is 795 g/mol. The summed E-state index contributed by atoms with van der Waals surface area (Å²) in [7, 11) is 0. The van der Waals surface area contributed by atoms with Crippen LogP contribution in [-0.4, -0.2) is 24.1 Å². The van der Waals surface area contributed by atoms with E-state index in [1.165, 1.54) is 43.1 Å². The first-order chi connectivity index (χ1) is 32.2. The van der Waals surface area contributed by atoms with Crippen LogP contribution in [0.15, 0.2) is 217 Å². The van der Waals surface area contributed by atoms with Crippen LogP contribution in [0.2, 0.25) is 0 Å². The van der Waals surface area contributed by atoms with Crippen molar-refractivity contribution in [3.05, 3.63) is 212 Å². The van der Waals surface area contributed by atoms with Gasteiger partial charge in [0.05, 0.1) is 27.8 Å². The number of hydrogen-bond acceptors (Lipinski definition) is 4. The molecule has 10 aromatic carbocycles. The van der Waals surface area contributed by atoms with Gasteiger partial charge in [-0.15, -0.1) is 0 Å². The van der Waals surface area contributed by atoms with Gasteiger partial charge < -0.3 is 13.6 Å². The molecule has 6 nitrogen and oxygen atoms in total. The summed E-state index contributed by atoms with van der Waals surface area (Å²) in [5, 5.41) is 11.4. The molecule has 4 aromatic heterocycles. The van der Waals surface area contributed by atoms with E-state index < -0.39 is 0 Å². The molecule has 0 aliphatic rings. The van der Waals surface area contributed by atoms with Gasteiger partial charge in [-0.05, 0) is 41.1 Å². The maximum atomic E-state index is 7.23. The lowest BCUT2D eigenvalue weighted by Crippen LogP contribution is -2.01. The Balaban J connectivity index is 1.16. The smallest absolute Gasteiger partial charge is 0.164 e. The highest BCUT2D eigenvalue weighted by atomic mass is 16.3. The first-order valence-electron chi connectivity index (χ1n) is 21.9. The van der Waals surface area contributed by atoms with E-state index in [4.69, 9.17) is 19.4 Å². The summed E-state index contributed by atoms with van der Waals surface area (Å²) >= 11 is 0. The van der Waals surface area contributed by atoms with Crippen LogP contribution < -0.4 is 0 Å². The largest absolute Gasteiger partial charge is 0.454 e. The van der Waals surface area contributed by atoms with Crippen molar-refractivity contribution in [3.8, 4) is 45.5 Å². The molecule has 14 aromatic rings. The summed E-state index contributed by atoms with van der Waals surface area (Å²) in [5.74, 6) is 1.79. The number of nitrogens with zero attached hydrogens (tertiary/aromatic N) is 5. The third-order valence-corrected chi connectivity index (χ3v) is 13.1. The standard InChI is InChI=1S/C59H35N5O/c1-3-18-38(19-4-1)57-60-58(39-20-5-2-6-21-39)62-59(61-57)47-26-15-29-52-53(47)48-34-40(63-49-27-13-11-24-43(49)45-32-30-36-16-7-9-22-41(36)54(45)63)35-51(56(48)65-52)64-50-28-14-12-25-44(50)46-33-31-37-17-8-10-23-42(37)55(46)64/h1-35H. The molecule has 302 valence electrons. The molecule has 0 saturated heterocycles. The summed E-state index contributed by atoms with van der Waals surface area (Å²) in [6.07, 6.45) is 0. The second-order valence-electron chi connectivity index (χ2n) is 16.7. The maximum Gasteiger partial charge on any atom is 0.164 e. The predicted octanol–water partition coefficient (Wildman–Crippen LogP) is 15.3. The summed E-state index contributed by atoms with van der Waals surface area (Å²) in [5.41, 5.74) is 10.7. The van der Waals surface area contributed by atoms with Crippen LogP contribution >= 0.6 is 0 Å². The quantitative estimate of drug-likeness (QED) is 0.173. The van der Waals surface area contributed by atoms with E-state index in [1.807, 2.05) is 66.7 Å². The normalized spacial score (nSPS) is 12.0. The van der Waals surface area contributed by atoms with Crippen LogP contribution in [-0.2, 0) is 0 Å². The van der Waals surface area contributed by atoms with Crippen molar-refractivity contribution in [1.29, 1.82) is 0 Å². The molecule has 0 aliphatic heterocycles. The van der Waals surface area contributed by atoms with Gasteiger partial charge in [-0.1, -0.05) is 182 Å². The van der Waals surface area contributed by atoms with Crippen LogP contribution in [0, 0.1) is 0 Å². The van der Waals surface area contributed by atoms with E-state index in [0.717, 1.165) is 72.1 Å². The molecule has 65 heavy (non-hydrogen) atoms. The molecule has 0 N–H and O–H groups in total. The molecular formula is C59H35N5O. The van der Waals surface area contributed by atoms with Gasteiger partial charge in [0.1, 0.15) is 5.58 Å². The van der Waals surface area contributed by atoms with Crippen LogP contribution in [0.3, 0.4) is 0 Å². The monoisotopic (exact) mass is 829 g/mol. The fourth-order valence-corrected chi connectivity index (χ4v) is 10.3. The van der Waals surface area contributed by atoms with Crippen molar-refractivity contribution in [1.82, 2.24) is 24.1 Å². The van der Waals surface area contributed by atoms with Crippen molar-refractivity contribution >= 4 is 87.1 Å². The fourth-order valence-electron chi connectivity index (χ4n) is 10.3. The minimum absolute atomic E-state index is 0.573. The molecule has 0 bridgehead atoms. The Morgan fingerprint density at radius 3 is 1.48 bits per heavy atom. The van der Waals surface area contributed by atoms with E-state index in [2.05, 4.69) is 155 Å². The van der Waals surface area contributed by atoms with Crippen molar-refractivity contribution in [3.63, 3.8) is 0 Å². The Morgan fingerprint density at radius 1 is 0.354 bits per heavy atom. The minimum atomic E-state index is 0.573. The number of hydrogen-bond donors (Lipinski definition) is 0. The Kier molecular flexibility index (Phi) is 7.59. The van der Waals surface area contributed by atoms with E-state index in [9.17, 15) is 0 Å². The highest BCUT2D eigenvalue weighted by Crippen LogP contribution is 2.45. The zero-order chi connectivity index (χ0) is 42.6. The van der Waals surface area contributed by atoms with Gasteiger partial charge in [0.15, 0.2) is 23.1 Å². The van der Waals surface area contributed by atoms with Crippen molar-refractivity contribution in [2.24, 2.45) is 0 Å². The van der Waals surface area contributed by atoms with Gasteiger partial charge >= 0.3 is 0 Å². The minimum Gasteiger partial charge on any atom is -0.454 e. The molecule has 0 aliphatic carbocycles. The lowest BCUT2D eigenvalue weighted by Gasteiger charge is -2.15. The highest BCUT2D eigenvalue weighted by molar-refractivity contribution is 6.22. The molecule has 0 atom stereocenters. The number of rotatable bonds is 5. The third kappa shape index (κ3) is 5.31. The molecule has 4 heterocycles. The van der Waals surface area contributed by atoms with Crippen LogP contribution in [0.1, 0.15) is 0 Å². The zero-order valence-corrected chi connectivity index (χ0v) is 34.9. The number of furan rings is 1. The van der Waals surface area contributed by atoms with Gasteiger partial charge in [-0.25, -0.2) is 15.0 Å². The number of fused-ring (bicyclic) bond motifs is 13. The van der Waals surface area contributed by atoms with Gasteiger partial charge in [-0.3, -0.25) is 0 Å². The predicted molar refractivity (Wildman–Crippen MR) is 267 cm³/mol. The molecule has 0 fully saturated rings. The Hall–Kier alpha value is -8.87. The Bertz CT molecular complexity index is 4180. The zero-order valence-electron chi connectivity index (χ0n) is 34.9. The number of para-hydroxylation sites is 2. The molecule has 14 rings (SSSR count). The van der Waals surface area contributed by atoms with Gasteiger partial charge in [0, 0.05) is 65.5 Å². The average molecular weight is 830 g/mol. The summed E-state index contributed by atoms with van der Waals surface area (Å²) in [4.78, 5) is 15.5. The Morgan fingerprint density at radius 2 is 0.862 bits per heavy atom. The highest BCUT2D eigenvalue weighted by Gasteiger charge is 2.25. The van der Waals surface area contributed by atoms with Crippen LogP contribution in [0.5, 0.6) is 0 Å². The second kappa shape index (κ2) is 13.8. The SMILES string of the molecule is c1ccc(-c2nc(-c3ccccc3)nc(-c3cccc4oc5c(-n6c7ccccc7c7ccc8ccccc8c76)cc(-n6c7ccccc7c7ccc8ccccc8c76)cc5c34)n2)cc1. The maximum absolute atomic E-state index is 7.23. The van der Waals surface area contributed by atoms with Gasteiger partial charge in [-0.2, -0.15) is 0 Å². The number of aromatic nitrogens is 5. The molecule has 6 heteroatoms. The second-order valence-corrected chi connectivity index (χ2v) is 16.7. The van der Waals surface area contributed by atoms with E-state index in [1.54, 1.807) is 0 Å². The summed E-state index contributed by atoms with van der Waals surface area (Å²) in [6.45, 7) is 0. The summed E-state index contributed by atoms with van der Waals surface area (Å²) in [6, 6.07) is 75.0. The molecule has 0 unspecified atom stereocenters. The summed E-state index contributed by atoms with van der Waals surface area (Å²) < 4.78 is 12.1. The lowest BCUT2D eigenvalue weighted by atomic mass is 10.0. The lowest BCUT2D eigenvalue weighted by molar-refractivity contribution is 0.666.